The van der Waals surface area contributed by atoms with Crippen LogP contribution in [0, 0.1) is 0 Å². The van der Waals surface area contributed by atoms with E-state index in [1.807, 2.05) is 36.4 Å². The average Bonchev–Trinajstić information content (AvgIpc) is 3.28. The minimum atomic E-state index is -1.25. The lowest BCUT2D eigenvalue weighted by Gasteiger charge is -2.32. The largest absolute Gasteiger partial charge is 0.369 e. The van der Waals surface area contributed by atoms with Crippen molar-refractivity contribution in [1.29, 1.82) is 0 Å². The lowest BCUT2D eigenvalue weighted by Crippen LogP contribution is -2.49. The standard InChI is InChI=1S/C24H27N5O3/c1-27-12-14-28(15-13-27)11-10-25-24(32)29-19-9-5-3-7-17(19)20(23(29)31)21-22(30)16-6-2-4-8-18(16)26-21/h2-9,23,26,31H,10-15H2,1H3,(H,25,32)/b21-20-. The number of aliphatic hydroxyl groups excluding tert-OH is 1. The number of carbonyl (C=O) groups excluding carboxylic acids is 2. The Labute approximate surface area is 187 Å². The SMILES string of the molecule is CN1CCN(CCNC(=O)N2c3ccccc3/C(=C3/Nc4ccccc4C3=O)C2O)CC1. The van der Waals surface area contributed by atoms with Gasteiger partial charge in [-0.1, -0.05) is 30.3 Å². The summed E-state index contributed by atoms with van der Waals surface area (Å²) in [5, 5.41) is 17.3. The quantitative estimate of drug-likeness (QED) is 0.640. The predicted octanol–water partition coefficient (Wildman–Crippen LogP) is 1.80. The number of carbonyl (C=O) groups is 2. The molecule has 32 heavy (non-hydrogen) atoms. The minimum absolute atomic E-state index is 0.179. The Bertz CT molecular complexity index is 1090. The van der Waals surface area contributed by atoms with Crippen molar-refractivity contribution < 1.29 is 14.7 Å². The molecular formula is C24H27N5O3. The molecule has 0 bridgehead atoms. The Kier molecular flexibility index (Phi) is 5.42. The molecule has 0 saturated carbocycles. The van der Waals surface area contributed by atoms with Crippen LogP contribution >= 0.6 is 0 Å². The van der Waals surface area contributed by atoms with Gasteiger partial charge in [0.25, 0.3) is 0 Å². The third kappa shape index (κ3) is 3.56. The molecule has 2 amide bonds. The van der Waals surface area contributed by atoms with Gasteiger partial charge in [0.05, 0.1) is 11.4 Å². The highest BCUT2D eigenvalue weighted by Crippen LogP contribution is 2.43. The monoisotopic (exact) mass is 433 g/mol. The number of fused-ring (bicyclic) bond motifs is 2. The van der Waals surface area contributed by atoms with E-state index in [1.165, 1.54) is 4.90 Å². The van der Waals surface area contributed by atoms with Crippen molar-refractivity contribution in [3.63, 3.8) is 0 Å². The molecule has 0 aliphatic carbocycles. The fraction of sp³-hybridized carbons (Fsp3) is 0.333. The van der Waals surface area contributed by atoms with Crippen molar-refractivity contribution in [2.45, 2.75) is 6.23 Å². The molecule has 3 aliphatic heterocycles. The molecule has 3 heterocycles. The third-order valence-electron chi connectivity index (χ3n) is 6.40. The van der Waals surface area contributed by atoms with Gasteiger partial charge in [-0.15, -0.1) is 0 Å². The fourth-order valence-electron chi connectivity index (χ4n) is 4.58. The number of urea groups is 1. The summed E-state index contributed by atoms with van der Waals surface area (Å²) in [7, 11) is 2.11. The number of nitrogens with one attached hydrogen (secondary N) is 2. The van der Waals surface area contributed by atoms with Crippen LogP contribution in [0.3, 0.4) is 0 Å². The smallest absolute Gasteiger partial charge is 0.324 e. The Morgan fingerprint density at radius 1 is 1.06 bits per heavy atom. The molecule has 3 N–H and O–H groups in total. The molecule has 1 atom stereocenters. The number of hydrogen-bond donors (Lipinski definition) is 3. The van der Waals surface area contributed by atoms with E-state index in [0.717, 1.165) is 32.7 Å². The lowest BCUT2D eigenvalue weighted by molar-refractivity contribution is 0.104. The number of allylic oxidation sites excluding steroid dienone is 1. The number of nitrogens with zero attached hydrogens (tertiary/aromatic N) is 3. The van der Waals surface area contributed by atoms with Crippen molar-refractivity contribution in [3.8, 4) is 0 Å². The number of rotatable bonds is 3. The first-order valence-electron chi connectivity index (χ1n) is 10.9. The summed E-state index contributed by atoms with van der Waals surface area (Å²) >= 11 is 0. The van der Waals surface area contributed by atoms with Gasteiger partial charge in [-0.2, -0.15) is 0 Å². The molecule has 5 rings (SSSR count). The zero-order valence-electron chi connectivity index (χ0n) is 18.0. The number of aliphatic hydroxyl groups is 1. The zero-order valence-corrected chi connectivity index (χ0v) is 18.0. The van der Waals surface area contributed by atoms with Gasteiger partial charge in [0.1, 0.15) is 0 Å². The van der Waals surface area contributed by atoms with Crippen LogP contribution in [0.25, 0.3) is 5.57 Å². The molecule has 3 aliphatic rings. The van der Waals surface area contributed by atoms with Crippen LogP contribution in [0.2, 0.25) is 0 Å². The summed E-state index contributed by atoms with van der Waals surface area (Å²) in [6.45, 7) is 5.24. The number of likely N-dealkylation sites (N-methyl/N-ethyl adjacent to an activating group) is 1. The number of benzene rings is 2. The molecule has 1 saturated heterocycles. The Balaban J connectivity index is 1.36. The first-order valence-corrected chi connectivity index (χ1v) is 10.9. The van der Waals surface area contributed by atoms with E-state index in [-0.39, 0.29) is 11.8 Å². The van der Waals surface area contributed by atoms with Crippen LogP contribution in [0.5, 0.6) is 0 Å². The van der Waals surface area contributed by atoms with E-state index in [4.69, 9.17) is 0 Å². The van der Waals surface area contributed by atoms with Crippen molar-refractivity contribution in [1.82, 2.24) is 15.1 Å². The summed E-state index contributed by atoms with van der Waals surface area (Å²) in [5.41, 5.74) is 3.28. The molecule has 1 fully saturated rings. The molecule has 166 valence electrons. The number of Topliss-reactive ketones (excluding diaryl/α,β-unsaturated/α-hetero) is 1. The second-order valence-electron chi connectivity index (χ2n) is 8.43. The molecule has 2 aromatic carbocycles. The van der Waals surface area contributed by atoms with Gasteiger partial charge in [0, 0.05) is 61.7 Å². The molecule has 1 unspecified atom stereocenters. The van der Waals surface area contributed by atoms with Crippen LogP contribution in [-0.4, -0.2) is 79.3 Å². The maximum absolute atomic E-state index is 13.1. The summed E-state index contributed by atoms with van der Waals surface area (Å²) in [6, 6.07) is 14.2. The Morgan fingerprint density at radius 2 is 1.75 bits per heavy atom. The van der Waals surface area contributed by atoms with Gasteiger partial charge in [-0.05, 0) is 25.2 Å². The maximum atomic E-state index is 13.1. The van der Waals surface area contributed by atoms with E-state index in [9.17, 15) is 14.7 Å². The van der Waals surface area contributed by atoms with Crippen LogP contribution in [-0.2, 0) is 0 Å². The molecule has 8 nitrogen and oxygen atoms in total. The summed E-state index contributed by atoms with van der Waals surface area (Å²) < 4.78 is 0. The van der Waals surface area contributed by atoms with E-state index in [2.05, 4.69) is 27.5 Å². The average molecular weight is 434 g/mol. The first kappa shape index (κ1) is 20.7. The van der Waals surface area contributed by atoms with Gasteiger partial charge in [-0.25, -0.2) is 4.79 Å². The van der Waals surface area contributed by atoms with Crippen LogP contribution < -0.4 is 15.5 Å². The Hall–Kier alpha value is -3.20. The van der Waals surface area contributed by atoms with Crippen molar-refractivity contribution in [2.75, 3.05) is 56.5 Å². The summed E-state index contributed by atoms with van der Waals surface area (Å²) in [5.74, 6) is -0.179. The molecular weight excluding hydrogens is 406 g/mol. The van der Waals surface area contributed by atoms with Crippen LogP contribution in [0.4, 0.5) is 16.2 Å². The van der Waals surface area contributed by atoms with Gasteiger partial charge < -0.3 is 20.6 Å². The van der Waals surface area contributed by atoms with E-state index >= 15 is 0 Å². The van der Waals surface area contributed by atoms with Crippen LogP contribution in [0.15, 0.2) is 54.2 Å². The molecule has 0 radical (unpaired) electrons. The van der Waals surface area contributed by atoms with E-state index in [0.29, 0.717) is 40.3 Å². The van der Waals surface area contributed by atoms with Crippen molar-refractivity contribution in [3.05, 3.63) is 65.4 Å². The lowest BCUT2D eigenvalue weighted by atomic mass is 10.0. The van der Waals surface area contributed by atoms with Crippen molar-refractivity contribution in [2.24, 2.45) is 0 Å². The van der Waals surface area contributed by atoms with Crippen LogP contribution in [0.1, 0.15) is 15.9 Å². The fourth-order valence-corrected chi connectivity index (χ4v) is 4.58. The van der Waals surface area contributed by atoms with Gasteiger partial charge in [0.2, 0.25) is 5.78 Å². The highest BCUT2D eigenvalue weighted by molar-refractivity contribution is 6.23. The van der Waals surface area contributed by atoms with Gasteiger partial charge in [-0.3, -0.25) is 14.6 Å². The number of para-hydroxylation sites is 2. The summed E-state index contributed by atoms with van der Waals surface area (Å²) in [4.78, 5) is 32.0. The second-order valence-corrected chi connectivity index (χ2v) is 8.43. The highest BCUT2D eigenvalue weighted by Gasteiger charge is 2.41. The minimum Gasteiger partial charge on any atom is -0.369 e. The Morgan fingerprint density at radius 3 is 2.50 bits per heavy atom. The highest BCUT2D eigenvalue weighted by atomic mass is 16.3. The van der Waals surface area contributed by atoms with E-state index < -0.39 is 6.23 Å². The van der Waals surface area contributed by atoms with Gasteiger partial charge in [0.15, 0.2) is 6.23 Å². The summed E-state index contributed by atoms with van der Waals surface area (Å²) in [6.07, 6.45) is -1.25. The van der Waals surface area contributed by atoms with Crippen molar-refractivity contribution >= 4 is 28.8 Å². The van der Waals surface area contributed by atoms with Gasteiger partial charge >= 0.3 is 6.03 Å². The number of amides is 2. The van der Waals surface area contributed by atoms with E-state index in [1.54, 1.807) is 12.1 Å². The number of ketones is 1. The maximum Gasteiger partial charge on any atom is 0.324 e. The third-order valence-corrected chi connectivity index (χ3v) is 6.40. The molecule has 8 heteroatoms. The number of hydrogen-bond acceptors (Lipinski definition) is 6. The number of piperazine rings is 1. The second kappa shape index (κ2) is 8.38. The first-order chi connectivity index (χ1) is 15.5. The zero-order chi connectivity index (χ0) is 22.2. The molecule has 0 aromatic heterocycles. The predicted molar refractivity (Wildman–Crippen MR) is 124 cm³/mol. The normalized spacial score (nSPS) is 23.1. The topological polar surface area (TPSA) is 88.2 Å². The number of anilines is 2. The molecule has 0 spiro atoms. The molecule has 2 aromatic rings.